The lowest BCUT2D eigenvalue weighted by molar-refractivity contribution is -0.122. The molecule has 0 saturated heterocycles. The van der Waals surface area contributed by atoms with E-state index in [0.717, 1.165) is 5.69 Å². The van der Waals surface area contributed by atoms with E-state index in [0.29, 0.717) is 18.9 Å². The van der Waals surface area contributed by atoms with Crippen molar-refractivity contribution < 1.29 is 14.3 Å². The van der Waals surface area contributed by atoms with Gasteiger partial charge < -0.3 is 20.1 Å². The first-order chi connectivity index (χ1) is 8.20. The van der Waals surface area contributed by atoms with Crippen molar-refractivity contribution in [3.63, 3.8) is 0 Å². The van der Waals surface area contributed by atoms with E-state index in [-0.39, 0.29) is 12.5 Å². The van der Waals surface area contributed by atoms with Crippen molar-refractivity contribution in [2.24, 2.45) is 5.73 Å². The molecule has 1 rings (SSSR count). The van der Waals surface area contributed by atoms with Crippen LogP contribution in [-0.4, -0.2) is 39.8 Å². The smallest absolute Gasteiger partial charge is 0.252 e. The molecule has 5 heteroatoms. The van der Waals surface area contributed by atoms with E-state index in [4.69, 9.17) is 15.2 Å². The topological polar surface area (TPSA) is 64.8 Å². The quantitative estimate of drug-likeness (QED) is 0.738. The number of anilines is 1. The van der Waals surface area contributed by atoms with Crippen LogP contribution in [0.4, 0.5) is 5.69 Å². The second-order valence-corrected chi connectivity index (χ2v) is 3.47. The number of nitrogens with two attached hydrogens (primary N) is 1. The van der Waals surface area contributed by atoms with Gasteiger partial charge in [0.2, 0.25) is 0 Å². The summed E-state index contributed by atoms with van der Waals surface area (Å²) in [6.45, 7) is 0.808. The van der Waals surface area contributed by atoms with Gasteiger partial charge in [-0.1, -0.05) is 12.1 Å². The lowest BCUT2D eigenvalue weighted by Gasteiger charge is -2.19. The number of nitrogens with zero attached hydrogens (tertiary/aromatic N) is 1. The number of likely N-dealkylation sites (N-methyl/N-ethyl adjacent to an activating group) is 1. The van der Waals surface area contributed by atoms with Crippen molar-refractivity contribution in [1.29, 1.82) is 0 Å². The molecule has 0 aliphatic carbocycles. The average Bonchev–Trinajstić information content (AvgIpc) is 2.38. The molecule has 0 aromatic heterocycles. The van der Waals surface area contributed by atoms with Crippen molar-refractivity contribution >= 4 is 11.6 Å². The van der Waals surface area contributed by atoms with E-state index in [1.54, 1.807) is 20.2 Å². The third-order valence-electron chi connectivity index (χ3n) is 2.31. The van der Waals surface area contributed by atoms with E-state index in [1.165, 1.54) is 4.90 Å². The molecule has 0 aliphatic heterocycles. The summed E-state index contributed by atoms with van der Waals surface area (Å²) in [5.41, 5.74) is 6.00. The van der Waals surface area contributed by atoms with Crippen LogP contribution in [0.3, 0.4) is 0 Å². The summed E-state index contributed by atoms with van der Waals surface area (Å²) in [6, 6.07) is 7.33. The Bertz CT molecular complexity index is 369. The number of hydrogen-bond acceptors (Lipinski definition) is 4. The van der Waals surface area contributed by atoms with Crippen LogP contribution in [-0.2, 0) is 9.53 Å². The number of carbonyl (C=O) groups excluding carboxylic acids is 1. The van der Waals surface area contributed by atoms with Crippen LogP contribution < -0.4 is 15.4 Å². The van der Waals surface area contributed by atoms with Crippen molar-refractivity contribution in [1.82, 2.24) is 0 Å². The number of carbonyl (C=O) groups is 1. The first-order valence-corrected chi connectivity index (χ1v) is 5.38. The molecule has 0 bridgehead atoms. The number of rotatable bonds is 6. The number of amides is 1. The molecule has 94 valence electrons. The highest BCUT2D eigenvalue weighted by Crippen LogP contribution is 2.26. The zero-order valence-electron chi connectivity index (χ0n) is 10.2. The predicted molar refractivity (Wildman–Crippen MR) is 66.3 cm³/mol. The van der Waals surface area contributed by atoms with Gasteiger partial charge in [-0.05, 0) is 12.1 Å². The molecule has 0 heterocycles. The molecule has 0 aliphatic rings. The lowest BCUT2D eigenvalue weighted by Crippen LogP contribution is -2.31. The molecule has 17 heavy (non-hydrogen) atoms. The van der Waals surface area contributed by atoms with Gasteiger partial charge in [0.15, 0.2) is 0 Å². The average molecular weight is 238 g/mol. The van der Waals surface area contributed by atoms with Crippen LogP contribution in [0.25, 0.3) is 0 Å². The van der Waals surface area contributed by atoms with Gasteiger partial charge in [0.05, 0.1) is 19.4 Å². The molecule has 5 nitrogen and oxygen atoms in total. The largest absolute Gasteiger partial charge is 0.495 e. The zero-order chi connectivity index (χ0) is 12.7. The third kappa shape index (κ3) is 3.72. The number of para-hydroxylation sites is 2. The molecular formula is C12H18N2O3. The Labute approximate surface area is 101 Å². The van der Waals surface area contributed by atoms with E-state index < -0.39 is 0 Å². The molecule has 0 saturated carbocycles. The van der Waals surface area contributed by atoms with Crippen molar-refractivity contribution in [2.45, 2.75) is 0 Å². The number of ether oxygens (including phenoxy) is 2. The van der Waals surface area contributed by atoms with E-state index >= 15 is 0 Å². The van der Waals surface area contributed by atoms with Gasteiger partial charge in [-0.15, -0.1) is 0 Å². The molecule has 0 radical (unpaired) electrons. The minimum atomic E-state index is -0.136. The first kappa shape index (κ1) is 13.5. The standard InChI is InChI=1S/C12H18N2O3/c1-14(12(15)9-17-8-7-13)10-5-3-4-6-11(10)16-2/h3-6H,7-9,13H2,1-2H3. The Balaban J connectivity index is 2.67. The third-order valence-corrected chi connectivity index (χ3v) is 2.31. The van der Waals surface area contributed by atoms with Crippen LogP contribution >= 0.6 is 0 Å². The predicted octanol–water partition coefficient (Wildman–Crippen LogP) is 0.633. The summed E-state index contributed by atoms with van der Waals surface area (Å²) in [6.07, 6.45) is 0. The van der Waals surface area contributed by atoms with Gasteiger partial charge in [0.25, 0.3) is 5.91 Å². The van der Waals surface area contributed by atoms with E-state index in [9.17, 15) is 4.79 Å². The van der Waals surface area contributed by atoms with Crippen LogP contribution in [0.1, 0.15) is 0 Å². The number of benzene rings is 1. The van der Waals surface area contributed by atoms with Gasteiger partial charge in [-0.2, -0.15) is 0 Å². The Morgan fingerprint density at radius 1 is 1.41 bits per heavy atom. The monoisotopic (exact) mass is 238 g/mol. The van der Waals surface area contributed by atoms with Crippen molar-refractivity contribution in [3.05, 3.63) is 24.3 Å². The summed E-state index contributed by atoms with van der Waals surface area (Å²) in [5, 5.41) is 0. The summed E-state index contributed by atoms with van der Waals surface area (Å²) in [4.78, 5) is 13.3. The maximum absolute atomic E-state index is 11.8. The van der Waals surface area contributed by atoms with E-state index in [2.05, 4.69) is 0 Å². The highest BCUT2D eigenvalue weighted by Gasteiger charge is 2.14. The first-order valence-electron chi connectivity index (χ1n) is 5.38. The normalized spacial score (nSPS) is 10.1. The molecule has 0 spiro atoms. The molecule has 0 unspecified atom stereocenters. The van der Waals surface area contributed by atoms with E-state index in [1.807, 2.05) is 18.2 Å². The van der Waals surface area contributed by atoms with Gasteiger partial charge in [-0.25, -0.2) is 0 Å². The van der Waals surface area contributed by atoms with Gasteiger partial charge >= 0.3 is 0 Å². The number of hydrogen-bond donors (Lipinski definition) is 1. The maximum atomic E-state index is 11.8. The molecule has 1 aromatic carbocycles. The maximum Gasteiger partial charge on any atom is 0.252 e. The van der Waals surface area contributed by atoms with Gasteiger partial charge in [-0.3, -0.25) is 4.79 Å². The minimum absolute atomic E-state index is 0.0196. The molecule has 0 atom stereocenters. The summed E-state index contributed by atoms with van der Waals surface area (Å²) in [7, 11) is 3.26. The highest BCUT2D eigenvalue weighted by molar-refractivity contribution is 5.95. The minimum Gasteiger partial charge on any atom is -0.495 e. The molecule has 2 N–H and O–H groups in total. The molecule has 0 fully saturated rings. The van der Waals surface area contributed by atoms with Crippen molar-refractivity contribution in [2.75, 3.05) is 38.8 Å². The molecule has 1 aromatic rings. The Kier molecular flexibility index (Phi) is 5.45. The fraction of sp³-hybridized carbons (Fsp3) is 0.417. The summed E-state index contributed by atoms with van der Waals surface area (Å²) < 4.78 is 10.3. The Morgan fingerprint density at radius 3 is 2.76 bits per heavy atom. The van der Waals surface area contributed by atoms with Crippen LogP contribution in [0.2, 0.25) is 0 Å². The number of methoxy groups -OCH3 is 1. The van der Waals surface area contributed by atoms with Gasteiger partial charge in [0, 0.05) is 13.6 Å². The van der Waals surface area contributed by atoms with Crippen LogP contribution in [0, 0.1) is 0 Å². The fourth-order valence-corrected chi connectivity index (χ4v) is 1.38. The van der Waals surface area contributed by atoms with Crippen molar-refractivity contribution in [3.8, 4) is 5.75 Å². The van der Waals surface area contributed by atoms with Crippen LogP contribution in [0.15, 0.2) is 24.3 Å². The fourth-order valence-electron chi connectivity index (χ4n) is 1.38. The highest BCUT2D eigenvalue weighted by atomic mass is 16.5. The Morgan fingerprint density at radius 2 is 2.12 bits per heavy atom. The lowest BCUT2D eigenvalue weighted by atomic mass is 10.2. The summed E-state index contributed by atoms with van der Waals surface area (Å²) >= 11 is 0. The zero-order valence-corrected chi connectivity index (χ0v) is 10.2. The molecule has 1 amide bonds. The van der Waals surface area contributed by atoms with Crippen LogP contribution in [0.5, 0.6) is 5.75 Å². The second kappa shape index (κ2) is 6.88. The second-order valence-electron chi connectivity index (χ2n) is 3.47. The Hall–Kier alpha value is -1.59. The van der Waals surface area contributed by atoms with Gasteiger partial charge in [0.1, 0.15) is 12.4 Å². The SMILES string of the molecule is COc1ccccc1N(C)C(=O)COCCN. The molecular weight excluding hydrogens is 220 g/mol. The summed E-state index contributed by atoms with van der Waals surface area (Å²) in [5.74, 6) is 0.519.